The number of nitrogens with zero attached hydrogens (tertiary/aromatic N) is 3. The summed E-state index contributed by atoms with van der Waals surface area (Å²) in [4.78, 5) is 9.49. The van der Waals surface area contributed by atoms with Crippen LogP contribution in [0, 0.1) is 5.92 Å². The van der Waals surface area contributed by atoms with Gasteiger partial charge in [0.25, 0.3) is 0 Å². The van der Waals surface area contributed by atoms with Crippen LogP contribution >= 0.6 is 0 Å². The Kier molecular flexibility index (Phi) is 7.98. The van der Waals surface area contributed by atoms with Crippen LogP contribution in [0.15, 0.2) is 4.99 Å². The van der Waals surface area contributed by atoms with Crippen molar-refractivity contribution in [3.05, 3.63) is 0 Å². The molecule has 2 rings (SSSR count). The van der Waals surface area contributed by atoms with Crippen molar-refractivity contribution in [2.75, 3.05) is 65.6 Å². The number of nitrogens with two attached hydrogens (primary N) is 1. The standard InChI is InChI=1S/C16H33N5O/c1-2-6-21-8-4-15(14-21)13-19-16(17)18-5-3-7-20-9-11-22-12-10-20/h15H,2-14H2,1H3,(H3,17,18,19). The van der Waals surface area contributed by atoms with Crippen molar-refractivity contribution in [1.82, 2.24) is 15.1 Å². The van der Waals surface area contributed by atoms with Gasteiger partial charge in [0.05, 0.1) is 13.2 Å². The third kappa shape index (κ3) is 6.50. The fourth-order valence-corrected chi connectivity index (χ4v) is 3.21. The molecular weight excluding hydrogens is 278 g/mol. The van der Waals surface area contributed by atoms with E-state index in [9.17, 15) is 0 Å². The number of rotatable bonds is 8. The summed E-state index contributed by atoms with van der Waals surface area (Å²) in [5.41, 5.74) is 5.96. The monoisotopic (exact) mass is 311 g/mol. The van der Waals surface area contributed by atoms with Crippen LogP contribution in [0.25, 0.3) is 0 Å². The lowest BCUT2D eigenvalue weighted by Gasteiger charge is -2.26. The summed E-state index contributed by atoms with van der Waals surface area (Å²) in [5.74, 6) is 1.29. The summed E-state index contributed by atoms with van der Waals surface area (Å²) in [7, 11) is 0. The Morgan fingerprint density at radius 3 is 2.82 bits per heavy atom. The van der Waals surface area contributed by atoms with Gasteiger partial charge in [-0.1, -0.05) is 6.92 Å². The van der Waals surface area contributed by atoms with Crippen LogP contribution in [0.2, 0.25) is 0 Å². The second-order valence-electron chi connectivity index (χ2n) is 6.42. The van der Waals surface area contributed by atoms with Gasteiger partial charge in [-0.15, -0.1) is 0 Å². The quantitative estimate of drug-likeness (QED) is 0.384. The topological polar surface area (TPSA) is 66.1 Å². The zero-order chi connectivity index (χ0) is 15.6. The van der Waals surface area contributed by atoms with Crippen LogP contribution in [-0.4, -0.2) is 81.3 Å². The molecular formula is C16H33N5O. The lowest BCUT2D eigenvalue weighted by molar-refractivity contribution is 0.0376. The molecule has 2 fully saturated rings. The molecule has 0 aromatic rings. The van der Waals surface area contributed by atoms with Crippen LogP contribution in [0.1, 0.15) is 26.2 Å². The lowest BCUT2D eigenvalue weighted by Crippen LogP contribution is -2.39. The van der Waals surface area contributed by atoms with E-state index in [1.165, 1.54) is 32.5 Å². The molecule has 6 nitrogen and oxygen atoms in total. The third-order valence-electron chi connectivity index (χ3n) is 4.49. The molecule has 2 saturated heterocycles. The molecule has 2 heterocycles. The first kappa shape index (κ1) is 17.5. The largest absolute Gasteiger partial charge is 0.379 e. The lowest BCUT2D eigenvalue weighted by atomic mass is 10.1. The smallest absolute Gasteiger partial charge is 0.188 e. The van der Waals surface area contributed by atoms with Crippen molar-refractivity contribution in [3.63, 3.8) is 0 Å². The maximum absolute atomic E-state index is 5.96. The van der Waals surface area contributed by atoms with Gasteiger partial charge in [-0.3, -0.25) is 9.89 Å². The van der Waals surface area contributed by atoms with E-state index in [1.807, 2.05) is 0 Å². The Labute approximate surface area is 135 Å². The summed E-state index contributed by atoms with van der Waals surface area (Å²) in [6, 6.07) is 0. The molecule has 0 aromatic carbocycles. The van der Waals surface area contributed by atoms with Crippen molar-refractivity contribution in [2.45, 2.75) is 26.2 Å². The second-order valence-corrected chi connectivity index (χ2v) is 6.42. The molecule has 0 bridgehead atoms. The van der Waals surface area contributed by atoms with E-state index >= 15 is 0 Å². The zero-order valence-corrected chi connectivity index (χ0v) is 14.1. The molecule has 2 aliphatic heterocycles. The van der Waals surface area contributed by atoms with E-state index in [2.05, 4.69) is 27.0 Å². The fourth-order valence-electron chi connectivity index (χ4n) is 3.21. The first-order valence-electron chi connectivity index (χ1n) is 8.84. The van der Waals surface area contributed by atoms with Crippen LogP contribution < -0.4 is 11.1 Å². The first-order valence-corrected chi connectivity index (χ1v) is 8.84. The highest BCUT2D eigenvalue weighted by molar-refractivity contribution is 5.77. The normalized spacial score (nSPS) is 24.8. The van der Waals surface area contributed by atoms with Crippen molar-refractivity contribution < 1.29 is 4.74 Å². The van der Waals surface area contributed by atoms with Crippen molar-refractivity contribution in [1.29, 1.82) is 0 Å². The molecule has 0 aromatic heterocycles. The first-order chi connectivity index (χ1) is 10.8. The minimum Gasteiger partial charge on any atom is -0.379 e. The number of hydrogen-bond donors (Lipinski definition) is 2. The van der Waals surface area contributed by atoms with Gasteiger partial charge in [-0.2, -0.15) is 0 Å². The Bertz CT molecular complexity index is 330. The molecule has 0 amide bonds. The summed E-state index contributed by atoms with van der Waals surface area (Å²) in [6.07, 6.45) is 3.60. The summed E-state index contributed by atoms with van der Waals surface area (Å²) >= 11 is 0. The number of hydrogen-bond acceptors (Lipinski definition) is 4. The molecule has 0 aliphatic carbocycles. The van der Waals surface area contributed by atoms with Gasteiger partial charge in [0.2, 0.25) is 0 Å². The number of likely N-dealkylation sites (tertiary alicyclic amines) is 1. The average Bonchev–Trinajstić information content (AvgIpc) is 2.99. The van der Waals surface area contributed by atoms with E-state index in [1.54, 1.807) is 0 Å². The van der Waals surface area contributed by atoms with Gasteiger partial charge < -0.3 is 20.7 Å². The molecule has 6 heteroatoms. The van der Waals surface area contributed by atoms with Gasteiger partial charge in [-0.25, -0.2) is 0 Å². The highest BCUT2D eigenvalue weighted by Crippen LogP contribution is 2.16. The summed E-state index contributed by atoms with van der Waals surface area (Å²) < 4.78 is 5.35. The average molecular weight is 311 g/mol. The minimum atomic E-state index is 0.607. The maximum Gasteiger partial charge on any atom is 0.188 e. The highest BCUT2D eigenvalue weighted by Gasteiger charge is 2.21. The number of aliphatic imine (C=N–C) groups is 1. The fraction of sp³-hybridized carbons (Fsp3) is 0.938. The third-order valence-corrected chi connectivity index (χ3v) is 4.49. The molecule has 0 radical (unpaired) electrons. The van der Waals surface area contributed by atoms with Gasteiger partial charge in [0.1, 0.15) is 0 Å². The molecule has 128 valence electrons. The summed E-state index contributed by atoms with van der Waals surface area (Å²) in [5, 5.41) is 3.24. The molecule has 1 unspecified atom stereocenters. The Morgan fingerprint density at radius 2 is 2.05 bits per heavy atom. The Hall–Kier alpha value is -0.850. The van der Waals surface area contributed by atoms with E-state index in [0.29, 0.717) is 11.9 Å². The molecule has 22 heavy (non-hydrogen) atoms. The van der Waals surface area contributed by atoms with Crippen molar-refractivity contribution >= 4 is 5.96 Å². The van der Waals surface area contributed by atoms with Gasteiger partial charge in [0, 0.05) is 32.7 Å². The van der Waals surface area contributed by atoms with E-state index in [0.717, 1.165) is 52.4 Å². The van der Waals surface area contributed by atoms with Gasteiger partial charge in [0.15, 0.2) is 5.96 Å². The Balaban J connectivity index is 1.52. The molecule has 2 aliphatic rings. The van der Waals surface area contributed by atoms with E-state index < -0.39 is 0 Å². The van der Waals surface area contributed by atoms with E-state index in [-0.39, 0.29) is 0 Å². The number of ether oxygens (including phenoxy) is 1. The van der Waals surface area contributed by atoms with Crippen LogP contribution in [-0.2, 0) is 4.74 Å². The van der Waals surface area contributed by atoms with Crippen LogP contribution in [0.3, 0.4) is 0 Å². The van der Waals surface area contributed by atoms with E-state index in [4.69, 9.17) is 10.5 Å². The number of guanidine groups is 1. The molecule has 3 N–H and O–H groups in total. The second kappa shape index (κ2) is 10.0. The maximum atomic E-state index is 5.96. The predicted octanol–water partition coefficient (Wildman–Crippen LogP) is 0.345. The number of nitrogens with one attached hydrogen (secondary N) is 1. The molecule has 0 saturated carbocycles. The minimum absolute atomic E-state index is 0.607. The highest BCUT2D eigenvalue weighted by atomic mass is 16.5. The zero-order valence-electron chi connectivity index (χ0n) is 14.1. The van der Waals surface area contributed by atoms with Gasteiger partial charge >= 0.3 is 0 Å². The van der Waals surface area contributed by atoms with Crippen molar-refractivity contribution in [2.24, 2.45) is 16.6 Å². The van der Waals surface area contributed by atoms with Crippen LogP contribution in [0.4, 0.5) is 0 Å². The van der Waals surface area contributed by atoms with Gasteiger partial charge in [-0.05, 0) is 44.8 Å². The number of morpholine rings is 1. The van der Waals surface area contributed by atoms with Crippen LogP contribution in [0.5, 0.6) is 0 Å². The molecule has 0 spiro atoms. The summed E-state index contributed by atoms with van der Waals surface area (Å²) in [6.45, 7) is 12.6. The SMILES string of the molecule is CCCN1CCC(CN=C(N)NCCCN2CCOCC2)C1. The Morgan fingerprint density at radius 1 is 1.23 bits per heavy atom. The molecule has 1 atom stereocenters. The predicted molar refractivity (Wildman–Crippen MR) is 91.2 cm³/mol. The van der Waals surface area contributed by atoms with Crippen molar-refractivity contribution in [3.8, 4) is 0 Å².